The fourth-order valence-electron chi connectivity index (χ4n) is 3.32. The van der Waals surface area contributed by atoms with Crippen LogP contribution in [-0.4, -0.2) is 24.0 Å². The minimum absolute atomic E-state index is 0.0198. The van der Waals surface area contributed by atoms with Crippen molar-refractivity contribution in [3.63, 3.8) is 0 Å². The number of carbonyl (C=O) groups excluding carboxylic acids is 1. The zero-order valence-corrected chi connectivity index (χ0v) is 14.2. The molecule has 2 aromatic rings. The van der Waals surface area contributed by atoms with Crippen LogP contribution in [0.25, 0.3) is 0 Å². The Kier molecular flexibility index (Phi) is 5.65. The summed E-state index contributed by atoms with van der Waals surface area (Å²) in [6.45, 7) is 4.02. The second kappa shape index (κ2) is 8.11. The molecule has 0 bridgehead atoms. The molecule has 0 N–H and O–H groups in total. The van der Waals surface area contributed by atoms with Gasteiger partial charge in [-0.05, 0) is 30.9 Å². The third kappa shape index (κ3) is 4.04. The Bertz CT molecular complexity index is 641. The molecule has 3 rings (SSSR count). The SMILES string of the molecule is C[C@H](c1ccccc1)N1CCCC(COCc2ccccc2)C1=O. The molecule has 0 radical (unpaired) electrons. The molecule has 24 heavy (non-hydrogen) atoms. The van der Waals surface area contributed by atoms with Gasteiger partial charge in [-0.15, -0.1) is 0 Å². The van der Waals surface area contributed by atoms with E-state index < -0.39 is 0 Å². The van der Waals surface area contributed by atoms with Gasteiger partial charge in [0.15, 0.2) is 0 Å². The summed E-state index contributed by atoms with van der Waals surface area (Å²) in [6, 6.07) is 20.5. The van der Waals surface area contributed by atoms with Crippen molar-refractivity contribution in [2.75, 3.05) is 13.2 Å². The van der Waals surface area contributed by atoms with Crippen LogP contribution in [0.4, 0.5) is 0 Å². The lowest BCUT2D eigenvalue weighted by Crippen LogP contribution is -2.44. The van der Waals surface area contributed by atoms with Crippen molar-refractivity contribution in [3.05, 3.63) is 71.8 Å². The number of carbonyl (C=O) groups is 1. The molecule has 3 nitrogen and oxygen atoms in total. The summed E-state index contributed by atoms with van der Waals surface area (Å²) in [5.74, 6) is 0.208. The fourth-order valence-corrected chi connectivity index (χ4v) is 3.32. The number of ether oxygens (including phenoxy) is 1. The van der Waals surface area contributed by atoms with Gasteiger partial charge in [-0.1, -0.05) is 60.7 Å². The molecule has 0 spiro atoms. The summed E-state index contributed by atoms with van der Waals surface area (Å²) in [4.78, 5) is 14.8. The number of benzene rings is 2. The average molecular weight is 323 g/mol. The first kappa shape index (κ1) is 16.7. The largest absolute Gasteiger partial charge is 0.376 e. The van der Waals surface area contributed by atoms with E-state index in [2.05, 4.69) is 19.1 Å². The van der Waals surface area contributed by atoms with Gasteiger partial charge < -0.3 is 9.64 Å². The van der Waals surface area contributed by atoms with Crippen LogP contribution in [0.15, 0.2) is 60.7 Å². The molecule has 0 aliphatic carbocycles. The number of piperidine rings is 1. The first-order chi connectivity index (χ1) is 11.8. The van der Waals surface area contributed by atoms with Crippen molar-refractivity contribution in [2.45, 2.75) is 32.4 Å². The number of amides is 1. The third-order valence-corrected chi connectivity index (χ3v) is 4.76. The van der Waals surface area contributed by atoms with Crippen molar-refractivity contribution in [1.29, 1.82) is 0 Å². The van der Waals surface area contributed by atoms with E-state index >= 15 is 0 Å². The molecule has 1 aliphatic rings. The van der Waals surface area contributed by atoms with Crippen LogP contribution in [0.3, 0.4) is 0 Å². The van der Waals surface area contributed by atoms with Crippen LogP contribution < -0.4 is 0 Å². The predicted molar refractivity (Wildman–Crippen MR) is 95.4 cm³/mol. The topological polar surface area (TPSA) is 29.5 Å². The van der Waals surface area contributed by atoms with E-state index in [1.807, 2.05) is 53.4 Å². The van der Waals surface area contributed by atoms with Crippen molar-refractivity contribution in [2.24, 2.45) is 5.92 Å². The smallest absolute Gasteiger partial charge is 0.228 e. The maximum Gasteiger partial charge on any atom is 0.228 e. The number of rotatable bonds is 6. The van der Waals surface area contributed by atoms with E-state index in [0.717, 1.165) is 24.9 Å². The Balaban J connectivity index is 1.56. The minimum Gasteiger partial charge on any atom is -0.376 e. The summed E-state index contributed by atoms with van der Waals surface area (Å²) >= 11 is 0. The molecule has 1 unspecified atom stereocenters. The zero-order valence-electron chi connectivity index (χ0n) is 14.2. The van der Waals surface area contributed by atoms with E-state index in [1.165, 1.54) is 5.56 Å². The number of likely N-dealkylation sites (tertiary alicyclic amines) is 1. The third-order valence-electron chi connectivity index (χ3n) is 4.76. The molecule has 126 valence electrons. The lowest BCUT2D eigenvalue weighted by Gasteiger charge is -2.36. The summed E-state index contributed by atoms with van der Waals surface area (Å²) in [5.41, 5.74) is 2.34. The van der Waals surface area contributed by atoms with Crippen LogP contribution in [0.5, 0.6) is 0 Å². The standard InChI is InChI=1S/C21H25NO2/c1-17(19-11-6-3-7-12-19)22-14-8-13-20(21(22)23)16-24-15-18-9-4-2-5-10-18/h2-7,9-12,17,20H,8,13-16H2,1H3/t17-,20?/m1/s1. The first-order valence-electron chi connectivity index (χ1n) is 8.73. The van der Waals surface area contributed by atoms with Crippen molar-refractivity contribution in [1.82, 2.24) is 4.90 Å². The zero-order chi connectivity index (χ0) is 16.8. The second-order valence-electron chi connectivity index (χ2n) is 6.46. The molecule has 3 heteroatoms. The molecule has 1 heterocycles. The van der Waals surface area contributed by atoms with Gasteiger partial charge in [0.05, 0.1) is 25.2 Å². The normalized spacial score (nSPS) is 19.3. The van der Waals surface area contributed by atoms with Gasteiger partial charge in [0, 0.05) is 6.54 Å². The van der Waals surface area contributed by atoms with Crippen LogP contribution in [0.2, 0.25) is 0 Å². The first-order valence-corrected chi connectivity index (χ1v) is 8.73. The average Bonchev–Trinajstić information content (AvgIpc) is 2.64. The molecule has 2 aromatic carbocycles. The predicted octanol–water partition coefficient (Wildman–Crippen LogP) is 4.20. The molecule has 1 fully saturated rings. The van der Waals surface area contributed by atoms with Crippen molar-refractivity contribution >= 4 is 5.91 Å². The van der Waals surface area contributed by atoms with E-state index in [9.17, 15) is 4.79 Å². The van der Waals surface area contributed by atoms with E-state index in [4.69, 9.17) is 4.74 Å². The summed E-state index contributed by atoms with van der Waals surface area (Å²) < 4.78 is 5.82. The summed E-state index contributed by atoms with van der Waals surface area (Å²) in [7, 11) is 0. The quantitative estimate of drug-likeness (QED) is 0.797. The van der Waals surface area contributed by atoms with Gasteiger partial charge in [-0.3, -0.25) is 4.79 Å². The van der Waals surface area contributed by atoms with Crippen molar-refractivity contribution < 1.29 is 9.53 Å². The van der Waals surface area contributed by atoms with E-state index in [1.54, 1.807) is 0 Å². The van der Waals surface area contributed by atoms with E-state index in [-0.39, 0.29) is 17.9 Å². The molecule has 1 saturated heterocycles. The van der Waals surface area contributed by atoms with Gasteiger partial charge in [0.2, 0.25) is 5.91 Å². The molecule has 0 aromatic heterocycles. The van der Waals surface area contributed by atoms with Gasteiger partial charge in [-0.25, -0.2) is 0 Å². The summed E-state index contributed by atoms with van der Waals surface area (Å²) in [6.07, 6.45) is 1.97. The molecule has 1 amide bonds. The van der Waals surface area contributed by atoms with Gasteiger partial charge in [-0.2, -0.15) is 0 Å². The molecule has 0 saturated carbocycles. The number of hydrogen-bond donors (Lipinski definition) is 0. The Morgan fingerprint density at radius 1 is 1.08 bits per heavy atom. The lowest BCUT2D eigenvalue weighted by atomic mass is 9.95. The van der Waals surface area contributed by atoms with Gasteiger partial charge in [0.1, 0.15) is 0 Å². The number of hydrogen-bond acceptors (Lipinski definition) is 2. The number of nitrogens with zero attached hydrogens (tertiary/aromatic N) is 1. The Morgan fingerprint density at radius 2 is 1.75 bits per heavy atom. The van der Waals surface area contributed by atoms with E-state index in [0.29, 0.717) is 13.2 Å². The molecular weight excluding hydrogens is 298 g/mol. The summed E-state index contributed by atoms with van der Waals surface area (Å²) in [5, 5.41) is 0. The highest BCUT2D eigenvalue weighted by Gasteiger charge is 2.32. The molecular formula is C21H25NO2. The van der Waals surface area contributed by atoms with Gasteiger partial charge in [0.25, 0.3) is 0 Å². The fraction of sp³-hybridized carbons (Fsp3) is 0.381. The Hall–Kier alpha value is -2.13. The van der Waals surface area contributed by atoms with Crippen LogP contribution in [0.1, 0.15) is 36.9 Å². The Morgan fingerprint density at radius 3 is 2.46 bits per heavy atom. The highest BCUT2D eigenvalue weighted by Crippen LogP contribution is 2.28. The highest BCUT2D eigenvalue weighted by atomic mass is 16.5. The Labute approximate surface area is 144 Å². The maximum atomic E-state index is 12.8. The molecule has 1 aliphatic heterocycles. The monoisotopic (exact) mass is 323 g/mol. The van der Waals surface area contributed by atoms with Crippen molar-refractivity contribution in [3.8, 4) is 0 Å². The second-order valence-corrected chi connectivity index (χ2v) is 6.46. The maximum absolute atomic E-state index is 12.8. The van der Waals surface area contributed by atoms with Crippen LogP contribution in [-0.2, 0) is 16.1 Å². The highest BCUT2D eigenvalue weighted by molar-refractivity contribution is 5.80. The van der Waals surface area contributed by atoms with Gasteiger partial charge >= 0.3 is 0 Å². The lowest BCUT2D eigenvalue weighted by molar-refractivity contribution is -0.143. The van der Waals surface area contributed by atoms with Crippen LogP contribution in [0, 0.1) is 5.92 Å². The molecule has 2 atom stereocenters. The minimum atomic E-state index is -0.0198. The van der Waals surface area contributed by atoms with Crippen LogP contribution >= 0.6 is 0 Å².